The number of hydrogen-bond acceptors (Lipinski definition) is 3. The van der Waals surface area contributed by atoms with E-state index in [2.05, 4.69) is 4.72 Å². The van der Waals surface area contributed by atoms with Gasteiger partial charge in [-0.25, -0.2) is 13.1 Å². The maximum Gasteiger partial charge on any atom is 0.310 e. The lowest BCUT2D eigenvalue weighted by Crippen LogP contribution is -2.57. The normalized spacial score (nSPS) is 13.9. The zero-order valence-electron chi connectivity index (χ0n) is 12.1. The molecule has 0 aromatic heterocycles. The first-order chi connectivity index (χ1) is 7.82. The van der Waals surface area contributed by atoms with Crippen LogP contribution >= 0.6 is 0 Å². The van der Waals surface area contributed by atoms with Gasteiger partial charge in [0.2, 0.25) is 10.0 Å². The first-order valence-corrected chi connectivity index (χ1v) is 7.72. The maximum atomic E-state index is 11.9. The van der Waals surface area contributed by atoms with Crippen molar-refractivity contribution >= 4 is 16.0 Å². The number of aliphatic carboxylic acids is 1. The summed E-state index contributed by atoms with van der Waals surface area (Å²) in [7, 11) is -3.46. The van der Waals surface area contributed by atoms with Crippen molar-refractivity contribution in [2.75, 3.05) is 5.75 Å². The van der Waals surface area contributed by atoms with Crippen molar-refractivity contribution in [3.05, 3.63) is 0 Å². The van der Waals surface area contributed by atoms with Gasteiger partial charge in [0.05, 0.1) is 11.2 Å². The molecule has 0 aliphatic heterocycles. The van der Waals surface area contributed by atoms with Crippen LogP contribution in [0, 0.1) is 11.3 Å². The summed E-state index contributed by atoms with van der Waals surface area (Å²) < 4.78 is 26.3. The largest absolute Gasteiger partial charge is 0.481 e. The highest BCUT2D eigenvalue weighted by atomic mass is 32.2. The number of sulfonamides is 1. The third kappa shape index (κ3) is 4.57. The molecule has 0 fully saturated rings. The van der Waals surface area contributed by atoms with E-state index in [0.29, 0.717) is 6.42 Å². The molecule has 6 heteroatoms. The SMILES string of the molecule is CC(C)CCS(=O)(=O)NC(C)(C)C(C)(C)C(=O)O. The summed E-state index contributed by atoms with van der Waals surface area (Å²) in [6.07, 6.45) is 0.554. The molecule has 0 aromatic rings. The lowest BCUT2D eigenvalue weighted by atomic mass is 9.75. The molecule has 2 N–H and O–H groups in total. The monoisotopic (exact) mass is 279 g/mol. The summed E-state index contributed by atoms with van der Waals surface area (Å²) in [4.78, 5) is 11.2. The van der Waals surface area contributed by atoms with Crippen molar-refractivity contribution in [1.29, 1.82) is 0 Å². The number of hydrogen-bond donors (Lipinski definition) is 2. The van der Waals surface area contributed by atoms with Crippen molar-refractivity contribution < 1.29 is 18.3 Å². The quantitative estimate of drug-likeness (QED) is 0.745. The van der Waals surface area contributed by atoms with E-state index < -0.39 is 26.9 Å². The van der Waals surface area contributed by atoms with E-state index in [1.54, 1.807) is 13.8 Å². The van der Waals surface area contributed by atoms with Crippen LogP contribution in [-0.4, -0.2) is 30.8 Å². The molecule has 0 rings (SSSR count). The van der Waals surface area contributed by atoms with Crippen molar-refractivity contribution in [1.82, 2.24) is 4.72 Å². The van der Waals surface area contributed by atoms with E-state index in [0.717, 1.165) is 0 Å². The summed E-state index contributed by atoms with van der Waals surface area (Å²) in [6, 6.07) is 0. The summed E-state index contributed by atoms with van der Waals surface area (Å²) in [5.74, 6) is -0.722. The molecule has 108 valence electrons. The molecular formula is C12H25NO4S. The van der Waals surface area contributed by atoms with E-state index in [-0.39, 0.29) is 11.7 Å². The standard InChI is InChI=1S/C12H25NO4S/c1-9(2)7-8-18(16,17)13-12(5,6)11(3,4)10(14)15/h9,13H,7-8H2,1-6H3,(H,14,15). The molecule has 0 atom stereocenters. The average molecular weight is 279 g/mol. The Morgan fingerprint density at radius 1 is 1.22 bits per heavy atom. The van der Waals surface area contributed by atoms with Crippen LogP contribution in [0.15, 0.2) is 0 Å². The van der Waals surface area contributed by atoms with Crippen LogP contribution in [0.25, 0.3) is 0 Å². The van der Waals surface area contributed by atoms with E-state index >= 15 is 0 Å². The van der Waals surface area contributed by atoms with Gasteiger partial charge in [-0.2, -0.15) is 0 Å². The predicted molar refractivity (Wildman–Crippen MR) is 71.9 cm³/mol. The smallest absolute Gasteiger partial charge is 0.310 e. The van der Waals surface area contributed by atoms with Crippen LogP contribution in [0.4, 0.5) is 0 Å². The Morgan fingerprint density at radius 3 is 2.00 bits per heavy atom. The Bertz CT molecular complexity index is 396. The minimum atomic E-state index is -3.46. The molecule has 0 spiro atoms. The van der Waals surface area contributed by atoms with Crippen LogP contribution < -0.4 is 4.72 Å². The zero-order chi connectivity index (χ0) is 14.8. The zero-order valence-corrected chi connectivity index (χ0v) is 12.9. The third-order valence-corrected chi connectivity index (χ3v) is 5.07. The minimum absolute atomic E-state index is 0.0177. The summed E-state index contributed by atoms with van der Waals surface area (Å²) in [5, 5.41) is 9.16. The van der Waals surface area contributed by atoms with Crippen molar-refractivity contribution in [3.8, 4) is 0 Å². The topological polar surface area (TPSA) is 83.5 Å². The van der Waals surface area contributed by atoms with Crippen LogP contribution in [0.1, 0.15) is 48.0 Å². The van der Waals surface area contributed by atoms with Gasteiger partial charge in [0.25, 0.3) is 0 Å². The van der Waals surface area contributed by atoms with Gasteiger partial charge in [-0.15, -0.1) is 0 Å². The van der Waals surface area contributed by atoms with Crippen LogP contribution in [0.3, 0.4) is 0 Å². The number of carbonyl (C=O) groups is 1. The van der Waals surface area contributed by atoms with E-state index in [1.807, 2.05) is 13.8 Å². The van der Waals surface area contributed by atoms with Gasteiger partial charge in [0.1, 0.15) is 0 Å². The van der Waals surface area contributed by atoms with Gasteiger partial charge in [-0.1, -0.05) is 13.8 Å². The van der Waals surface area contributed by atoms with Gasteiger partial charge >= 0.3 is 5.97 Å². The highest BCUT2D eigenvalue weighted by Crippen LogP contribution is 2.31. The Labute approximate surface area is 110 Å². The molecule has 0 saturated carbocycles. The highest BCUT2D eigenvalue weighted by Gasteiger charge is 2.45. The molecule has 5 nitrogen and oxygen atoms in total. The van der Waals surface area contributed by atoms with Gasteiger partial charge < -0.3 is 5.11 Å². The fourth-order valence-corrected chi connectivity index (χ4v) is 3.14. The molecule has 0 aliphatic rings. The van der Waals surface area contributed by atoms with E-state index in [9.17, 15) is 13.2 Å². The highest BCUT2D eigenvalue weighted by molar-refractivity contribution is 7.89. The molecule has 0 amide bonds. The second-order valence-corrected chi connectivity index (χ2v) is 8.00. The second-order valence-electron chi connectivity index (χ2n) is 6.16. The Balaban J connectivity index is 4.92. The molecular weight excluding hydrogens is 254 g/mol. The Morgan fingerprint density at radius 2 is 1.67 bits per heavy atom. The van der Waals surface area contributed by atoms with E-state index in [4.69, 9.17) is 5.11 Å². The lowest BCUT2D eigenvalue weighted by Gasteiger charge is -2.38. The molecule has 0 aliphatic carbocycles. The molecule has 0 radical (unpaired) electrons. The van der Waals surface area contributed by atoms with Crippen molar-refractivity contribution in [2.45, 2.75) is 53.5 Å². The summed E-state index contributed by atoms with van der Waals surface area (Å²) >= 11 is 0. The van der Waals surface area contributed by atoms with Gasteiger partial charge in [0.15, 0.2) is 0 Å². The fraction of sp³-hybridized carbons (Fsp3) is 0.917. The van der Waals surface area contributed by atoms with E-state index in [1.165, 1.54) is 13.8 Å². The second kappa shape index (κ2) is 5.57. The van der Waals surface area contributed by atoms with Gasteiger partial charge in [-0.3, -0.25) is 4.79 Å². The fourth-order valence-electron chi connectivity index (χ4n) is 1.23. The van der Waals surface area contributed by atoms with Crippen LogP contribution in [0.2, 0.25) is 0 Å². The molecule has 0 aromatic carbocycles. The summed E-state index contributed by atoms with van der Waals surface area (Å²) in [5.41, 5.74) is -2.23. The molecule has 0 saturated heterocycles. The molecule has 0 bridgehead atoms. The average Bonchev–Trinajstić information content (AvgIpc) is 2.12. The number of rotatable bonds is 7. The Kier molecular flexibility index (Phi) is 5.38. The number of carboxylic acids is 1. The Hall–Kier alpha value is -0.620. The third-order valence-electron chi connectivity index (χ3n) is 3.47. The van der Waals surface area contributed by atoms with Crippen LogP contribution in [-0.2, 0) is 14.8 Å². The first-order valence-electron chi connectivity index (χ1n) is 6.07. The van der Waals surface area contributed by atoms with Crippen LogP contribution in [0.5, 0.6) is 0 Å². The molecule has 18 heavy (non-hydrogen) atoms. The van der Waals surface area contributed by atoms with Gasteiger partial charge in [-0.05, 0) is 40.0 Å². The maximum absolute atomic E-state index is 11.9. The lowest BCUT2D eigenvalue weighted by molar-refractivity contribution is -0.150. The van der Waals surface area contributed by atoms with Gasteiger partial charge in [0, 0.05) is 5.54 Å². The molecule has 0 unspecified atom stereocenters. The molecule has 0 heterocycles. The minimum Gasteiger partial charge on any atom is -0.481 e. The van der Waals surface area contributed by atoms with Crippen molar-refractivity contribution in [2.24, 2.45) is 11.3 Å². The predicted octanol–water partition coefficient (Wildman–Crippen LogP) is 1.84. The van der Waals surface area contributed by atoms with Crippen molar-refractivity contribution in [3.63, 3.8) is 0 Å². The number of carboxylic acid groups (broad SMARTS) is 1. The first kappa shape index (κ1) is 17.4. The number of nitrogens with one attached hydrogen (secondary N) is 1. The summed E-state index contributed by atoms with van der Waals surface area (Å²) in [6.45, 7) is 10.1.